The highest BCUT2D eigenvalue weighted by Crippen LogP contribution is 2.39. The molecule has 1 fully saturated rings. The molecule has 1 amide bonds. The van der Waals surface area contributed by atoms with Crippen LogP contribution in [0.4, 0.5) is 0 Å². The monoisotopic (exact) mass is 451 g/mol. The maximum Gasteiger partial charge on any atom is 0.335 e. The average Bonchev–Trinajstić information content (AvgIpc) is 3.20. The van der Waals surface area contributed by atoms with Crippen LogP contribution in [-0.2, 0) is 0 Å². The molecule has 0 saturated heterocycles. The predicted octanol–water partition coefficient (Wildman–Crippen LogP) is 5.27. The highest BCUT2D eigenvalue weighted by atomic mass is 32.1. The first-order valence-electron chi connectivity index (χ1n) is 10.7. The van der Waals surface area contributed by atoms with Crippen molar-refractivity contribution < 1.29 is 24.2 Å². The molecule has 0 spiro atoms. The van der Waals surface area contributed by atoms with Crippen LogP contribution in [0.3, 0.4) is 0 Å². The van der Waals surface area contributed by atoms with E-state index in [2.05, 4.69) is 0 Å². The van der Waals surface area contributed by atoms with Gasteiger partial charge in [0, 0.05) is 28.7 Å². The van der Waals surface area contributed by atoms with Gasteiger partial charge in [-0.2, -0.15) is 0 Å². The SMILES string of the molecule is CN(C(=O)c1sc2ccccc2c1OCC(=O)c1ccc(C(=O)O)cc1)C1CCCCC1. The molecule has 0 bridgehead atoms. The molecule has 6 nitrogen and oxygen atoms in total. The Hall–Kier alpha value is -3.19. The number of hydrogen-bond donors (Lipinski definition) is 1. The van der Waals surface area contributed by atoms with Crippen molar-refractivity contribution in [2.45, 2.75) is 38.1 Å². The van der Waals surface area contributed by atoms with E-state index < -0.39 is 5.97 Å². The third-order valence-corrected chi connectivity index (χ3v) is 7.13. The number of nitrogens with zero attached hydrogens (tertiary/aromatic N) is 1. The fraction of sp³-hybridized carbons (Fsp3) is 0.320. The summed E-state index contributed by atoms with van der Waals surface area (Å²) in [5.41, 5.74) is 0.478. The number of benzene rings is 2. The Labute approximate surface area is 190 Å². The number of rotatable bonds is 7. The molecule has 0 atom stereocenters. The lowest BCUT2D eigenvalue weighted by atomic mass is 9.94. The van der Waals surface area contributed by atoms with Crippen molar-refractivity contribution >= 4 is 39.1 Å². The fourth-order valence-corrected chi connectivity index (χ4v) is 5.25. The molecule has 1 saturated carbocycles. The number of carbonyl (C=O) groups is 3. The number of Topliss-reactive ketones (excluding diaryl/α,β-unsaturated/α-hetero) is 1. The molecule has 32 heavy (non-hydrogen) atoms. The second kappa shape index (κ2) is 9.53. The van der Waals surface area contributed by atoms with Crippen LogP contribution in [0.1, 0.15) is 62.5 Å². The van der Waals surface area contributed by atoms with Crippen molar-refractivity contribution in [2.24, 2.45) is 0 Å². The minimum atomic E-state index is -1.05. The van der Waals surface area contributed by atoms with Crippen LogP contribution in [-0.4, -0.2) is 47.4 Å². The number of ether oxygens (including phenoxy) is 1. The number of fused-ring (bicyclic) bond motifs is 1. The number of aromatic carboxylic acids is 1. The van der Waals surface area contributed by atoms with Gasteiger partial charge < -0.3 is 14.7 Å². The number of hydrogen-bond acceptors (Lipinski definition) is 5. The Morgan fingerprint density at radius 3 is 2.34 bits per heavy atom. The van der Waals surface area contributed by atoms with Crippen LogP contribution in [0.5, 0.6) is 5.75 Å². The average molecular weight is 452 g/mol. The second-order valence-electron chi connectivity index (χ2n) is 8.06. The summed E-state index contributed by atoms with van der Waals surface area (Å²) in [6.45, 7) is -0.236. The van der Waals surface area contributed by atoms with Crippen LogP contribution in [0.2, 0.25) is 0 Å². The fourth-order valence-electron chi connectivity index (χ4n) is 4.12. The van der Waals surface area contributed by atoms with Gasteiger partial charge in [-0.15, -0.1) is 11.3 Å². The largest absolute Gasteiger partial charge is 0.483 e. The summed E-state index contributed by atoms with van der Waals surface area (Å²) in [6, 6.07) is 13.6. The maximum atomic E-state index is 13.4. The minimum Gasteiger partial charge on any atom is -0.483 e. The van der Waals surface area contributed by atoms with Gasteiger partial charge in [0.05, 0.1) is 5.56 Å². The quantitative estimate of drug-likeness (QED) is 0.495. The Morgan fingerprint density at radius 1 is 1.00 bits per heavy atom. The van der Waals surface area contributed by atoms with E-state index in [-0.39, 0.29) is 29.9 Å². The van der Waals surface area contributed by atoms with E-state index in [1.165, 1.54) is 42.0 Å². The molecule has 166 valence electrons. The van der Waals surface area contributed by atoms with Crippen molar-refractivity contribution in [3.05, 3.63) is 64.5 Å². The summed E-state index contributed by atoms with van der Waals surface area (Å²) >= 11 is 1.38. The third kappa shape index (κ3) is 4.53. The van der Waals surface area contributed by atoms with Gasteiger partial charge >= 0.3 is 5.97 Å². The van der Waals surface area contributed by atoms with Crippen LogP contribution < -0.4 is 4.74 Å². The molecule has 1 aromatic heterocycles. The van der Waals surface area contributed by atoms with Crippen LogP contribution in [0, 0.1) is 0 Å². The number of ketones is 1. The van der Waals surface area contributed by atoms with Gasteiger partial charge in [0.1, 0.15) is 4.88 Å². The lowest BCUT2D eigenvalue weighted by Crippen LogP contribution is -2.38. The first-order chi connectivity index (χ1) is 15.5. The first-order valence-corrected chi connectivity index (χ1v) is 11.6. The molecule has 3 aromatic rings. The standard InChI is InChI=1S/C25H25NO5S/c1-26(18-7-3-2-4-8-18)24(28)23-22(19-9-5-6-10-21(19)32-23)31-15-20(27)16-11-13-17(14-12-16)25(29)30/h5-6,9-14,18H,2-4,7-8,15H2,1H3,(H,29,30). The first kappa shape index (κ1) is 22.0. The summed E-state index contributed by atoms with van der Waals surface area (Å²) in [5, 5.41) is 9.83. The van der Waals surface area contributed by atoms with E-state index in [9.17, 15) is 14.4 Å². The lowest BCUT2D eigenvalue weighted by molar-refractivity contribution is 0.0688. The van der Waals surface area contributed by atoms with E-state index in [1.807, 2.05) is 36.2 Å². The van der Waals surface area contributed by atoms with Gasteiger partial charge in [-0.3, -0.25) is 9.59 Å². The maximum absolute atomic E-state index is 13.4. The number of carbonyl (C=O) groups excluding carboxylic acids is 2. The molecule has 1 aliphatic carbocycles. The smallest absolute Gasteiger partial charge is 0.335 e. The molecule has 1 N–H and O–H groups in total. The highest BCUT2D eigenvalue weighted by Gasteiger charge is 2.28. The van der Waals surface area contributed by atoms with Crippen LogP contribution in [0.15, 0.2) is 48.5 Å². The molecule has 4 rings (SSSR count). The van der Waals surface area contributed by atoms with Crippen molar-refractivity contribution in [1.82, 2.24) is 4.90 Å². The van der Waals surface area contributed by atoms with Gasteiger partial charge in [-0.25, -0.2) is 4.79 Å². The Balaban J connectivity index is 1.56. The Kier molecular flexibility index (Phi) is 6.55. The van der Waals surface area contributed by atoms with Crippen molar-refractivity contribution in [3.63, 3.8) is 0 Å². The van der Waals surface area contributed by atoms with Crippen molar-refractivity contribution in [1.29, 1.82) is 0 Å². The lowest BCUT2D eigenvalue weighted by Gasteiger charge is -2.31. The van der Waals surface area contributed by atoms with E-state index in [0.717, 1.165) is 35.8 Å². The summed E-state index contributed by atoms with van der Waals surface area (Å²) in [6.07, 6.45) is 5.49. The zero-order valence-electron chi connectivity index (χ0n) is 17.9. The highest BCUT2D eigenvalue weighted by molar-refractivity contribution is 7.21. The summed E-state index contributed by atoms with van der Waals surface area (Å²) < 4.78 is 6.87. The zero-order valence-corrected chi connectivity index (χ0v) is 18.7. The van der Waals surface area contributed by atoms with Gasteiger partial charge in [-0.05, 0) is 37.1 Å². The summed E-state index contributed by atoms with van der Waals surface area (Å²) in [4.78, 5) is 39.4. The van der Waals surface area contributed by atoms with Crippen molar-refractivity contribution in [3.8, 4) is 5.75 Å². The number of thiophene rings is 1. The van der Waals surface area contributed by atoms with E-state index in [0.29, 0.717) is 16.2 Å². The molecule has 0 unspecified atom stereocenters. The molecular formula is C25H25NO5S. The predicted molar refractivity (Wildman–Crippen MR) is 124 cm³/mol. The van der Waals surface area contributed by atoms with Crippen LogP contribution >= 0.6 is 11.3 Å². The summed E-state index contributed by atoms with van der Waals surface area (Å²) in [7, 11) is 1.85. The van der Waals surface area contributed by atoms with Gasteiger partial charge in [0.15, 0.2) is 18.1 Å². The second-order valence-corrected chi connectivity index (χ2v) is 9.11. The number of amides is 1. The number of carboxylic acids is 1. The van der Waals surface area contributed by atoms with Crippen LogP contribution in [0.25, 0.3) is 10.1 Å². The van der Waals surface area contributed by atoms with E-state index in [1.54, 1.807) is 0 Å². The molecule has 1 heterocycles. The number of carboxylic acid groups (broad SMARTS) is 1. The third-order valence-electron chi connectivity index (χ3n) is 5.99. The zero-order chi connectivity index (χ0) is 22.7. The summed E-state index contributed by atoms with van der Waals surface area (Å²) in [5.74, 6) is -0.966. The van der Waals surface area contributed by atoms with Gasteiger partial charge in [0.2, 0.25) is 0 Å². The molecule has 1 aliphatic rings. The molecule has 2 aromatic carbocycles. The molecule has 0 aliphatic heterocycles. The topological polar surface area (TPSA) is 83.9 Å². The van der Waals surface area contributed by atoms with Gasteiger partial charge in [-0.1, -0.05) is 43.5 Å². The molecule has 7 heteroatoms. The molecular weight excluding hydrogens is 426 g/mol. The van der Waals surface area contributed by atoms with Gasteiger partial charge in [0.25, 0.3) is 5.91 Å². The molecule has 0 radical (unpaired) electrons. The Morgan fingerprint density at radius 2 is 1.66 bits per heavy atom. The van der Waals surface area contributed by atoms with Crippen molar-refractivity contribution in [2.75, 3.05) is 13.7 Å². The normalized spacial score (nSPS) is 14.3. The van der Waals surface area contributed by atoms with E-state index >= 15 is 0 Å². The Bertz CT molecular complexity index is 1140. The minimum absolute atomic E-state index is 0.0774. The van der Waals surface area contributed by atoms with E-state index in [4.69, 9.17) is 9.84 Å².